The SMILES string of the molecule is CCCCC\C=C/C=C\C=C/C=C\CCCCCCCC(=O)OCC(COC(=O)CCCCC/C=C\C=C/CCCCCCCCC)OC(=O)CCCCC/C=C\C=C/CCCCCCCCC. The molecule has 0 saturated carbocycles. The molecule has 0 aliphatic heterocycles. The highest BCUT2D eigenvalue weighted by atomic mass is 16.6. The predicted molar refractivity (Wildman–Crippen MR) is 293 cm³/mol. The van der Waals surface area contributed by atoms with Crippen LogP contribution in [0.15, 0.2) is 97.2 Å². The first-order valence-electron chi connectivity index (χ1n) is 28.3. The third-order valence-electron chi connectivity index (χ3n) is 11.9. The van der Waals surface area contributed by atoms with E-state index < -0.39 is 6.10 Å². The third kappa shape index (κ3) is 53.3. The Kier molecular flexibility index (Phi) is 52.9. The molecule has 0 fully saturated rings. The summed E-state index contributed by atoms with van der Waals surface area (Å²) >= 11 is 0. The van der Waals surface area contributed by atoms with Gasteiger partial charge >= 0.3 is 17.9 Å². The molecule has 68 heavy (non-hydrogen) atoms. The van der Waals surface area contributed by atoms with Crippen LogP contribution in [0, 0.1) is 0 Å². The van der Waals surface area contributed by atoms with E-state index in [0.717, 1.165) is 109 Å². The van der Waals surface area contributed by atoms with Gasteiger partial charge in [-0.15, -0.1) is 0 Å². The second-order valence-electron chi connectivity index (χ2n) is 18.6. The van der Waals surface area contributed by atoms with Crippen molar-refractivity contribution < 1.29 is 28.6 Å². The van der Waals surface area contributed by atoms with Crippen molar-refractivity contribution in [2.75, 3.05) is 13.2 Å². The quantitative estimate of drug-likeness (QED) is 0.0262. The smallest absolute Gasteiger partial charge is 0.306 e. The van der Waals surface area contributed by atoms with E-state index in [1.54, 1.807) is 0 Å². The predicted octanol–water partition coefficient (Wildman–Crippen LogP) is 18.9. The number of hydrogen-bond donors (Lipinski definition) is 0. The monoisotopic (exact) mass is 945 g/mol. The van der Waals surface area contributed by atoms with Gasteiger partial charge in [-0.25, -0.2) is 0 Å². The highest BCUT2D eigenvalue weighted by molar-refractivity contribution is 5.71. The molecule has 0 aromatic carbocycles. The van der Waals surface area contributed by atoms with Gasteiger partial charge in [0.05, 0.1) is 0 Å². The number of unbranched alkanes of at least 4 members (excludes halogenated alkanes) is 28. The molecular formula is C62H104O6. The highest BCUT2D eigenvalue weighted by Gasteiger charge is 2.19. The van der Waals surface area contributed by atoms with Crippen LogP contribution < -0.4 is 0 Å². The molecule has 0 heterocycles. The fraction of sp³-hybridized carbons (Fsp3) is 0.694. The van der Waals surface area contributed by atoms with Crippen molar-refractivity contribution in [2.45, 2.75) is 264 Å². The molecule has 0 aromatic heterocycles. The second kappa shape index (κ2) is 55.9. The summed E-state index contributed by atoms with van der Waals surface area (Å²) in [6.45, 7) is 6.53. The van der Waals surface area contributed by atoms with Crippen LogP contribution in [-0.4, -0.2) is 37.2 Å². The molecule has 0 aromatic rings. The second-order valence-corrected chi connectivity index (χ2v) is 18.6. The standard InChI is InChI=1S/C62H104O6/c1-4-7-10-13-16-19-22-25-28-31-32-35-37-40-43-46-49-52-55-61(64)67-58-59(68-62(65)56-53-50-47-44-41-38-34-30-27-24-21-18-15-12-9-6-3)57-66-60(63)54-51-48-45-42-39-36-33-29-26-23-20-17-14-11-8-5-2/h16,19,22,25,28-36,38-39,41,59H,4-15,17-18,20-21,23-24,26-27,37,40,42-58H2,1-3H3/b19-16-,25-22-,31-28-,33-29-,34-30-,35-32-,39-36-,41-38-. The normalized spacial score (nSPS) is 12.8. The first kappa shape index (κ1) is 64.3. The average Bonchev–Trinajstić information content (AvgIpc) is 3.34. The molecule has 0 saturated heterocycles. The Morgan fingerprint density at radius 2 is 0.529 bits per heavy atom. The summed E-state index contributed by atoms with van der Waals surface area (Å²) in [6, 6.07) is 0. The largest absolute Gasteiger partial charge is 0.462 e. The van der Waals surface area contributed by atoms with Crippen LogP contribution in [0.5, 0.6) is 0 Å². The van der Waals surface area contributed by atoms with E-state index in [1.165, 1.54) is 109 Å². The number of esters is 3. The fourth-order valence-electron chi connectivity index (χ4n) is 7.61. The van der Waals surface area contributed by atoms with Crippen molar-refractivity contribution in [2.24, 2.45) is 0 Å². The van der Waals surface area contributed by atoms with Gasteiger partial charge in [-0.3, -0.25) is 14.4 Å². The Morgan fingerprint density at radius 1 is 0.294 bits per heavy atom. The van der Waals surface area contributed by atoms with Gasteiger partial charge in [0, 0.05) is 19.3 Å². The van der Waals surface area contributed by atoms with Gasteiger partial charge in [-0.2, -0.15) is 0 Å². The Hall–Kier alpha value is -3.67. The lowest BCUT2D eigenvalue weighted by Crippen LogP contribution is -2.30. The van der Waals surface area contributed by atoms with E-state index in [4.69, 9.17) is 14.2 Å². The van der Waals surface area contributed by atoms with Crippen LogP contribution in [0.1, 0.15) is 258 Å². The van der Waals surface area contributed by atoms with Gasteiger partial charge in [0.15, 0.2) is 6.10 Å². The summed E-state index contributed by atoms with van der Waals surface area (Å²) in [5, 5.41) is 0. The van der Waals surface area contributed by atoms with Gasteiger partial charge in [0.1, 0.15) is 13.2 Å². The molecule has 0 bridgehead atoms. The third-order valence-corrected chi connectivity index (χ3v) is 11.9. The van der Waals surface area contributed by atoms with Crippen molar-refractivity contribution >= 4 is 17.9 Å². The summed E-state index contributed by atoms with van der Waals surface area (Å²) in [5.74, 6) is -0.982. The molecule has 0 aliphatic carbocycles. The van der Waals surface area contributed by atoms with Crippen LogP contribution in [0.2, 0.25) is 0 Å². The fourth-order valence-corrected chi connectivity index (χ4v) is 7.61. The molecule has 0 rings (SSSR count). The molecule has 6 heteroatoms. The van der Waals surface area contributed by atoms with Crippen LogP contribution in [0.3, 0.4) is 0 Å². The summed E-state index contributed by atoms with van der Waals surface area (Å²) < 4.78 is 16.8. The van der Waals surface area contributed by atoms with Crippen LogP contribution in [0.25, 0.3) is 0 Å². The van der Waals surface area contributed by atoms with Crippen LogP contribution in [0.4, 0.5) is 0 Å². The first-order valence-corrected chi connectivity index (χ1v) is 28.3. The van der Waals surface area contributed by atoms with E-state index in [0.29, 0.717) is 12.8 Å². The molecule has 0 aliphatic rings. The van der Waals surface area contributed by atoms with E-state index in [1.807, 2.05) is 0 Å². The van der Waals surface area contributed by atoms with Crippen molar-refractivity contribution in [3.8, 4) is 0 Å². The van der Waals surface area contributed by atoms with Gasteiger partial charge in [-0.1, -0.05) is 240 Å². The van der Waals surface area contributed by atoms with Gasteiger partial charge in [0.2, 0.25) is 0 Å². The summed E-state index contributed by atoms with van der Waals surface area (Å²) in [7, 11) is 0. The highest BCUT2D eigenvalue weighted by Crippen LogP contribution is 2.13. The molecular weight excluding hydrogens is 841 g/mol. The number of hydrogen-bond acceptors (Lipinski definition) is 6. The minimum Gasteiger partial charge on any atom is -0.462 e. The van der Waals surface area contributed by atoms with Crippen molar-refractivity contribution in [3.05, 3.63) is 97.2 Å². The Bertz CT molecular complexity index is 1360. The van der Waals surface area contributed by atoms with E-state index in [-0.39, 0.29) is 37.5 Å². The number of allylic oxidation sites excluding steroid dienone is 16. The maximum atomic E-state index is 12.8. The number of rotatable bonds is 50. The molecule has 0 radical (unpaired) electrons. The summed E-state index contributed by atoms with van der Waals surface area (Å²) in [6.07, 6.45) is 73.9. The molecule has 0 amide bonds. The number of ether oxygens (including phenoxy) is 3. The molecule has 0 N–H and O–H groups in total. The summed E-state index contributed by atoms with van der Waals surface area (Å²) in [5.41, 5.74) is 0. The van der Waals surface area contributed by atoms with Gasteiger partial charge in [0.25, 0.3) is 0 Å². The van der Waals surface area contributed by atoms with Crippen molar-refractivity contribution in [1.82, 2.24) is 0 Å². The Morgan fingerprint density at radius 3 is 0.882 bits per heavy atom. The number of carbonyl (C=O) groups is 3. The van der Waals surface area contributed by atoms with Crippen molar-refractivity contribution in [3.63, 3.8) is 0 Å². The first-order chi connectivity index (χ1) is 33.5. The van der Waals surface area contributed by atoms with Crippen LogP contribution in [-0.2, 0) is 28.6 Å². The number of carbonyl (C=O) groups excluding carboxylic acids is 3. The maximum absolute atomic E-state index is 12.8. The Labute approximate surface area is 419 Å². The van der Waals surface area contributed by atoms with Gasteiger partial charge in [-0.05, 0) is 96.3 Å². The zero-order valence-electron chi connectivity index (χ0n) is 44.3. The van der Waals surface area contributed by atoms with E-state index in [2.05, 4.69) is 118 Å². The van der Waals surface area contributed by atoms with Gasteiger partial charge < -0.3 is 14.2 Å². The lowest BCUT2D eigenvalue weighted by atomic mass is 10.1. The minimum atomic E-state index is -0.814. The molecule has 1 atom stereocenters. The molecule has 0 spiro atoms. The molecule has 388 valence electrons. The lowest BCUT2D eigenvalue weighted by Gasteiger charge is -2.18. The topological polar surface area (TPSA) is 78.9 Å². The van der Waals surface area contributed by atoms with Crippen LogP contribution >= 0.6 is 0 Å². The molecule has 1 unspecified atom stereocenters. The zero-order valence-corrected chi connectivity index (χ0v) is 44.3. The lowest BCUT2D eigenvalue weighted by molar-refractivity contribution is -0.167. The average molecular weight is 946 g/mol. The zero-order chi connectivity index (χ0) is 49.3. The summed E-state index contributed by atoms with van der Waals surface area (Å²) in [4.78, 5) is 38.1. The minimum absolute atomic E-state index is 0.110. The maximum Gasteiger partial charge on any atom is 0.306 e. The van der Waals surface area contributed by atoms with Crippen molar-refractivity contribution in [1.29, 1.82) is 0 Å². The molecule has 6 nitrogen and oxygen atoms in total. The Balaban J connectivity index is 4.53. The van der Waals surface area contributed by atoms with E-state index >= 15 is 0 Å². The van der Waals surface area contributed by atoms with E-state index in [9.17, 15) is 14.4 Å².